The molecule has 25 heavy (non-hydrogen) atoms. The lowest BCUT2D eigenvalue weighted by Gasteiger charge is -2.27. The maximum atomic E-state index is 13.2. The molecule has 3 aromatic heterocycles. The summed E-state index contributed by atoms with van der Waals surface area (Å²) in [6.07, 6.45) is 5.44. The molecule has 8 heteroatoms. The molecular weight excluding hydrogens is 322 g/mol. The molecule has 0 aromatic carbocycles. The summed E-state index contributed by atoms with van der Waals surface area (Å²) in [4.78, 5) is 23.6. The van der Waals surface area contributed by atoms with E-state index in [0.717, 1.165) is 36.8 Å². The van der Waals surface area contributed by atoms with Gasteiger partial charge in [0.2, 0.25) is 5.89 Å². The SMILES string of the molecule is Cc1nc([C@H]2CCCCCN2C(=O)c2cnc3onc(C)c3c2)no1. The third kappa shape index (κ3) is 2.88. The van der Waals surface area contributed by atoms with Gasteiger partial charge in [-0.1, -0.05) is 23.2 Å². The van der Waals surface area contributed by atoms with Gasteiger partial charge in [0.25, 0.3) is 11.6 Å². The number of fused-ring (bicyclic) bond motifs is 1. The fraction of sp³-hybridized carbons (Fsp3) is 0.471. The topological polar surface area (TPSA) is 98.2 Å². The number of amides is 1. The molecule has 4 rings (SSSR count). The van der Waals surface area contributed by atoms with Crippen LogP contribution in [-0.2, 0) is 0 Å². The maximum absolute atomic E-state index is 13.2. The lowest BCUT2D eigenvalue weighted by atomic mass is 10.1. The summed E-state index contributed by atoms with van der Waals surface area (Å²) in [7, 11) is 0. The van der Waals surface area contributed by atoms with Gasteiger partial charge < -0.3 is 13.9 Å². The summed E-state index contributed by atoms with van der Waals surface area (Å²) in [6.45, 7) is 4.25. The van der Waals surface area contributed by atoms with Crippen LogP contribution in [0.4, 0.5) is 0 Å². The first-order valence-corrected chi connectivity index (χ1v) is 8.46. The summed E-state index contributed by atoms with van der Waals surface area (Å²) < 4.78 is 10.2. The van der Waals surface area contributed by atoms with Crippen molar-refractivity contribution in [2.24, 2.45) is 0 Å². The van der Waals surface area contributed by atoms with Crippen molar-refractivity contribution in [3.8, 4) is 0 Å². The van der Waals surface area contributed by atoms with E-state index >= 15 is 0 Å². The Bertz CT molecular complexity index is 916. The maximum Gasteiger partial charge on any atom is 0.257 e. The molecule has 0 radical (unpaired) electrons. The number of carbonyl (C=O) groups is 1. The van der Waals surface area contributed by atoms with Crippen molar-refractivity contribution in [2.45, 2.75) is 45.6 Å². The molecule has 3 aromatic rings. The molecule has 1 fully saturated rings. The predicted molar refractivity (Wildman–Crippen MR) is 87.8 cm³/mol. The number of hydrogen-bond donors (Lipinski definition) is 0. The quantitative estimate of drug-likeness (QED) is 0.706. The van der Waals surface area contributed by atoms with Crippen LogP contribution in [0.15, 0.2) is 21.3 Å². The minimum absolute atomic E-state index is 0.0793. The Labute approximate surface area is 144 Å². The minimum atomic E-state index is -0.174. The summed E-state index contributed by atoms with van der Waals surface area (Å²) in [6, 6.07) is 1.62. The van der Waals surface area contributed by atoms with Crippen LogP contribution in [0.1, 0.15) is 59.5 Å². The first-order valence-electron chi connectivity index (χ1n) is 8.46. The van der Waals surface area contributed by atoms with Crippen LogP contribution in [0.2, 0.25) is 0 Å². The van der Waals surface area contributed by atoms with Gasteiger partial charge in [0.1, 0.15) is 0 Å². The van der Waals surface area contributed by atoms with Gasteiger partial charge in [-0.25, -0.2) is 4.98 Å². The zero-order valence-corrected chi connectivity index (χ0v) is 14.2. The van der Waals surface area contributed by atoms with Crippen LogP contribution in [-0.4, -0.2) is 37.6 Å². The average molecular weight is 341 g/mol. The van der Waals surface area contributed by atoms with E-state index in [1.807, 2.05) is 11.8 Å². The van der Waals surface area contributed by atoms with Crippen LogP contribution in [0.5, 0.6) is 0 Å². The number of pyridine rings is 1. The number of nitrogens with zero attached hydrogens (tertiary/aromatic N) is 5. The van der Waals surface area contributed by atoms with Crippen molar-refractivity contribution < 1.29 is 13.8 Å². The fourth-order valence-corrected chi connectivity index (χ4v) is 3.30. The van der Waals surface area contributed by atoms with E-state index in [2.05, 4.69) is 20.3 Å². The average Bonchev–Trinajstić information content (AvgIpc) is 3.12. The fourth-order valence-electron chi connectivity index (χ4n) is 3.30. The molecule has 1 aliphatic heterocycles. The van der Waals surface area contributed by atoms with E-state index in [4.69, 9.17) is 9.05 Å². The molecule has 0 saturated carbocycles. The summed E-state index contributed by atoms with van der Waals surface area (Å²) in [5.74, 6) is 1.00. The van der Waals surface area contributed by atoms with Crippen LogP contribution < -0.4 is 0 Å². The van der Waals surface area contributed by atoms with E-state index in [9.17, 15) is 4.79 Å². The number of carbonyl (C=O) groups excluding carboxylic acids is 1. The Morgan fingerprint density at radius 1 is 1.20 bits per heavy atom. The molecule has 0 N–H and O–H groups in total. The van der Waals surface area contributed by atoms with Gasteiger partial charge in [-0.3, -0.25) is 4.79 Å². The summed E-state index contributed by atoms with van der Waals surface area (Å²) in [5, 5.41) is 8.69. The van der Waals surface area contributed by atoms with Gasteiger partial charge >= 0.3 is 0 Å². The number of likely N-dealkylation sites (tertiary alicyclic amines) is 1. The summed E-state index contributed by atoms with van der Waals surface area (Å²) in [5.41, 5.74) is 1.68. The molecule has 130 valence electrons. The number of aromatic nitrogens is 4. The highest BCUT2D eigenvalue weighted by Gasteiger charge is 2.31. The molecule has 1 aliphatic rings. The Morgan fingerprint density at radius 2 is 2.08 bits per heavy atom. The van der Waals surface area contributed by atoms with Crippen LogP contribution in [0, 0.1) is 13.8 Å². The van der Waals surface area contributed by atoms with Crippen LogP contribution in [0.25, 0.3) is 11.1 Å². The van der Waals surface area contributed by atoms with Crippen molar-refractivity contribution in [1.82, 2.24) is 25.2 Å². The largest absolute Gasteiger partial charge is 0.340 e. The minimum Gasteiger partial charge on any atom is -0.340 e. The van der Waals surface area contributed by atoms with E-state index < -0.39 is 0 Å². The van der Waals surface area contributed by atoms with Gasteiger partial charge in [-0.15, -0.1) is 0 Å². The molecule has 1 amide bonds. The highest BCUT2D eigenvalue weighted by Crippen LogP contribution is 2.30. The van der Waals surface area contributed by atoms with Crippen LogP contribution >= 0.6 is 0 Å². The van der Waals surface area contributed by atoms with Crippen molar-refractivity contribution in [3.05, 3.63) is 35.2 Å². The second-order valence-corrected chi connectivity index (χ2v) is 6.38. The molecule has 1 saturated heterocycles. The van der Waals surface area contributed by atoms with Crippen LogP contribution in [0.3, 0.4) is 0 Å². The van der Waals surface area contributed by atoms with Gasteiger partial charge in [0, 0.05) is 19.7 Å². The number of rotatable bonds is 2. The normalized spacial score (nSPS) is 18.5. The van der Waals surface area contributed by atoms with E-state index in [1.54, 1.807) is 19.2 Å². The number of aryl methyl sites for hydroxylation is 2. The van der Waals surface area contributed by atoms with E-state index in [-0.39, 0.29) is 11.9 Å². The molecule has 0 bridgehead atoms. The second kappa shape index (κ2) is 6.27. The standard InChI is InChI=1S/C17H19N5O3/c1-10-13-8-12(9-18-16(13)25-20-10)17(23)22-7-5-3-4-6-14(22)15-19-11(2)24-21-15/h8-9,14H,3-7H2,1-2H3/t14-/m1/s1. The molecule has 8 nitrogen and oxygen atoms in total. The highest BCUT2D eigenvalue weighted by molar-refractivity contribution is 5.97. The molecule has 0 unspecified atom stereocenters. The van der Waals surface area contributed by atoms with Crippen molar-refractivity contribution in [3.63, 3.8) is 0 Å². The highest BCUT2D eigenvalue weighted by atomic mass is 16.5. The van der Waals surface area contributed by atoms with Gasteiger partial charge in [0.05, 0.1) is 22.7 Å². The smallest absolute Gasteiger partial charge is 0.257 e. The van der Waals surface area contributed by atoms with E-state index in [0.29, 0.717) is 29.5 Å². The molecule has 4 heterocycles. The Balaban J connectivity index is 1.70. The molecular formula is C17H19N5O3. The number of hydrogen-bond acceptors (Lipinski definition) is 7. The van der Waals surface area contributed by atoms with Gasteiger partial charge in [-0.2, -0.15) is 4.98 Å². The zero-order valence-electron chi connectivity index (χ0n) is 14.2. The predicted octanol–water partition coefficient (Wildman–Crippen LogP) is 2.98. The Hall–Kier alpha value is -2.77. The van der Waals surface area contributed by atoms with Crippen molar-refractivity contribution in [1.29, 1.82) is 0 Å². The third-order valence-electron chi connectivity index (χ3n) is 4.61. The third-order valence-corrected chi connectivity index (χ3v) is 4.61. The monoisotopic (exact) mass is 341 g/mol. The second-order valence-electron chi connectivity index (χ2n) is 6.38. The Kier molecular flexibility index (Phi) is 3.95. The molecule has 0 aliphatic carbocycles. The Morgan fingerprint density at radius 3 is 2.88 bits per heavy atom. The first kappa shape index (κ1) is 15.7. The van der Waals surface area contributed by atoms with E-state index in [1.165, 1.54) is 0 Å². The van der Waals surface area contributed by atoms with Crippen molar-refractivity contribution in [2.75, 3.05) is 6.54 Å². The zero-order chi connectivity index (χ0) is 17.4. The lowest BCUT2D eigenvalue weighted by Crippen LogP contribution is -2.35. The van der Waals surface area contributed by atoms with Gasteiger partial charge in [0.15, 0.2) is 5.82 Å². The van der Waals surface area contributed by atoms with Gasteiger partial charge in [-0.05, 0) is 25.8 Å². The lowest BCUT2D eigenvalue weighted by molar-refractivity contribution is 0.0670. The molecule has 1 atom stereocenters. The first-order chi connectivity index (χ1) is 12.1. The molecule has 0 spiro atoms. The summed E-state index contributed by atoms with van der Waals surface area (Å²) >= 11 is 0. The van der Waals surface area contributed by atoms with Crippen molar-refractivity contribution >= 4 is 17.0 Å².